The van der Waals surface area contributed by atoms with Crippen molar-refractivity contribution in [3.8, 4) is 0 Å². The van der Waals surface area contributed by atoms with Crippen LogP contribution >= 0.6 is 11.6 Å². The number of halogens is 2. The van der Waals surface area contributed by atoms with E-state index in [1.165, 1.54) is 12.1 Å². The number of nitrogens with zero attached hydrogens (tertiary/aromatic N) is 2. The van der Waals surface area contributed by atoms with Crippen molar-refractivity contribution in [2.75, 3.05) is 26.2 Å². The van der Waals surface area contributed by atoms with E-state index in [0.717, 1.165) is 18.7 Å². The number of hydrogen-bond acceptors (Lipinski definition) is 3. The van der Waals surface area contributed by atoms with Gasteiger partial charge in [0.2, 0.25) is 5.91 Å². The molecule has 1 fully saturated rings. The Bertz CT molecular complexity index is 522. The lowest BCUT2D eigenvalue weighted by atomic mass is 10.0. The predicted octanol–water partition coefficient (Wildman–Crippen LogP) is 1.86. The molecule has 0 bridgehead atoms. The van der Waals surface area contributed by atoms with E-state index in [0.29, 0.717) is 24.7 Å². The molecule has 0 unspecified atom stereocenters. The van der Waals surface area contributed by atoms with Crippen LogP contribution in [-0.2, 0) is 11.3 Å². The van der Waals surface area contributed by atoms with Crippen molar-refractivity contribution in [3.05, 3.63) is 34.6 Å². The Labute approximate surface area is 129 Å². The summed E-state index contributed by atoms with van der Waals surface area (Å²) >= 11 is 6.04. The minimum atomic E-state index is -0.831. The fourth-order valence-corrected chi connectivity index (χ4v) is 2.63. The van der Waals surface area contributed by atoms with Crippen molar-refractivity contribution in [1.29, 1.82) is 0 Å². The number of rotatable bonds is 3. The van der Waals surface area contributed by atoms with E-state index in [9.17, 15) is 9.18 Å². The van der Waals surface area contributed by atoms with E-state index in [2.05, 4.69) is 4.90 Å². The van der Waals surface area contributed by atoms with E-state index in [-0.39, 0.29) is 11.7 Å². The molecule has 0 radical (unpaired) electrons. The number of carbonyl (C=O) groups is 1. The highest BCUT2D eigenvalue weighted by Gasteiger charge is 2.30. The van der Waals surface area contributed by atoms with Gasteiger partial charge in [0.1, 0.15) is 5.82 Å². The maximum atomic E-state index is 13.0. The van der Waals surface area contributed by atoms with Gasteiger partial charge in [-0.05, 0) is 31.5 Å². The van der Waals surface area contributed by atoms with E-state index in [1.54, 1.807) is 24.8 Å². The quantitative estimate of drug-likeness (QED) is 0.926. The van der Waals surface area contributed by atoms with Gasteiger partial charge in [0, 0.05) is 37.7 Å². The van der Waals surface area contributed by atoms with Crippen LogP contribution in [0.5, 0.6) is 0 Å². The zero-order valence-electron chi connectivity index (χ0n) is 12.4. The van der Waals surface area contributed by atoms with E-state index >= 15 is 0 Å². The van der Waals surface area contributed by atoms with Gasteiger partial charge in [-0.25, -0.2) is 4.39 Å². The molecule has 0 aromatic heterocycles. The predicted molar refractivity (Wildman–Crippen MR) is 81.5 cm³/mol. The Morgan fingerprint density at radius 3 is 2.48 bits per heavy atom. The molecular weight excluding hydrogens is 293 g/mol. The lowest BCUT2D eigenvalue weighted by Gasteiger charge is -2.37. The molecule has 0 aliphatic carbocycles. The molecule has 1 aromatic rings. The maximum Gasteiger partial charge on any atom is 0.242 e. The molecule has 4 nitrogen and oxygen atoms in total. The van der Waals surface area contributed by atoms with Crippen LogP contribution in [0.4, 0.5) is 4.39 Å². The molecule has 1 aliphatic heterocycles. The number of piperazine rings is 1. The van der Waals surface area contributed by atoms with Gasteiger partial charge in [0.05, 0.1) is 5.54 Å². The van der Waals surface area contributed by atoms with Gasteiger partial charge in [-0.3, -0.25) is 9.69 Å². The lowest BCUT2D eigenvalue weighted by Crippen LogP contribution is -2.56. The fourth-order valence-electron chi connectivity index (χ4n) is 2.41. The van der Waals surface area contributed by atoms with Crippen LogP contribution in [0.1, 0.15) is 19.4 Å². The second-order valence-corrected chi connectivity index (χ2v) is 6.43. The first-order valence-corrected chi connectivity index (χ1v) is 7.40. The van der Waals surface area contributed by atoms with Crippen LogP contribution in [0.15, 0.2) is 18.2 Å². The maximum absolute atomic E-state index is 13.0. The average Bonchev–Trinajstić information content (AvgIpc) is 2.41. The highest BCUT2D eigenvalue weighted by molar-refractivity contribution is 6.31. The Kier molecular flexibility index (Phi) is 4.86. The summed E-state index contributed by atoms with van der Waals surface area (Å²) in [7, 11) is 0. The molecule has 2 rings (SSSR count). The Hall–Kier alpha value is -1.17. The highest BCUT2D eigenvalue weighted by atomic mass is 35.5. The van der Waals surface area contributed by atoms with Gasteiger partial charge in [-0.2, -0.15) is 0 Å². The molecule has 1 heterocycles. The molecule has 1 aliphatic rings. The summed E-state index contributed by atoms with van der Waals surface area (Å²) in [6.07, 6.45) is 0. The summed E-state index contributed by atoms with van der Waals surface area (Å²) < 4.78 is 13.0. The first-order valence-electron chi connectivity index (χ1n) is 7.02. The summed E-state index contributed by atoms with van der Waals surface area (Å²) in [6.45, 7) is 6.93. The van der Waals surface area contributed by atoms with E-state index < -0.39 is 5.54 Å². The average molecular weight is 314 g/mol. The van der Waals surface area contributed by atoms with Gasteiger partial charge in [0.25, 0.3) is 0 Å². The van der Waals surface area contributed by atoms with Crippen LogP contribution in [0, 0.1) is 5.82 Å². The van der Waals surface area contributed by atoms with Crippen molar-refractivity contribution in [2.45, 2.75) is 25.9 Å². The fraction of sp³-hybridized carbons (Fsp3) is 0.533. The van der Waals surface area contributed by atoms with Crippen molar-refractivity contribution in [3.63, 3.8) is 0 Å². The molecule has 0 spiro atoms. The summed E-state index contributed by atoms with van der Waals surface area (Å²) in [5.41, 5.74) is 5.91. The molecule has 116 valence electrons. The first-order chi connectivity index (χ1) is 9.77. The van der Waals surface area contributed by atoms with Crippen molar-refractivity contribution in [1.82, 2.24) is 9.80 Å². The smallest absolute Gasteiger partial charge is 0.242 e. The van der Waals surface area contributed by atoms with Gasteiger partial charge in [-0.1, -0.05) is 17.7 Å². The number of nitrogens with two attached hydrogens (primary N) is 1. The summed E-state index contributed by atoms with van der Waals surface area (Å²) in [6, 6.07) is 4.45. The molecule has 21 heavy (non-hydrogen) atoms. The van der Waals surface area contributed by atoms with Crippen LogP contribution in [0.2, 0.25) is 5.02 Å². The molecular formula is C15H21ClFN3O. The monoisotopic (exact) mass is 313 g/mol. The molecule has 2 N–H and O–H groups in total. The van der Waals surface area contributed by atoms with Crippen molar-refractivity contribution in [2.24, 2.45) is 5.73 Å². The SMILES string of the molecule is CC(C)(N)C(=O)N1CCN(Cc2ccc(F)cc2Cl)CC1. The third kappa shape index (κ3) is 4.15. The molecule has 1 amide bonds. The van der Waals surface area contributed by atoms with Crippen molar-refractivity contribution >= 4 is 17.5 Å². The van der Waals surface area contributed by atoms with Gasteiger partial charge in [-0.15, -0.1) is 0 Å². The zero-order valence-corrected chi connectivity index (χ0v) is 13.2. The normalized spacial score (nSPS) is 17.1. The number of amides is 1. The number of benzene rings is 1. The Morgan fingerprint density at radius 1 is 1.33 bits per heavy atom. The molecule has 0 atom stereocenters. The third-order valence-corrected chi connectivity index (χ3v) is 3.97. The van der Waals surface area contributed by atoms with E-state index in [4.69, 9.17) is 17.3 Å². The van der Waals surface area contributed by atoms with Gasteiger partial charge < -0.3 is 10.6 Å². The van der Waals surface area contributed by atoms with Gasteiger partial charge >= 0.3 is 0 Å². The Balaban J connectivity index is 1.91. The van der Waals surface area contributed by atoms with Crippen molar-refractivity contribution < 1.29 is 9.18 Å². The summed E-state index contributed by atoms with van der Waals surface area (Å²) in [4.78, 5) is 16.1. The molecule has 0 saturated carbocycles. The largest absolute Gasteiger partial charge is 0.339 e. The standard InChI is InChI=1S/C15H21ClFN3O/c1-15(2,18)14(21)20-7-5-19(6-8-20)10-11-3-4-12(17)9-13(11)16/h3-4,9H,5-8,10,18H2,1-2H3. The van der Waals surface area contributed by atoms with Crippen LogP contribution in [0.25, 0.3) is 0 Å². The summed E-state index contributed by atoms with van der Waals surface area (Å²) in [5.74, 6) is -0.355. The van der Waals surface area contributed by atoms with Crippen LogP contribution in [-0.4, -0.2) is 47.4 Å². The molecule has 1 saturated heterocycles. The summed E-state index contributed by atoms with van der Waals surface area (Å²) in [5, 5.41) is 0.441. The second-order valence-electron chi connectivity index (χ2n) is 6.03. The van der Waals surface area contributed by atoms with Crippen LogP contribution in [0.3, 0.4) is 0 Å². The Morgan fingerprint density at radius 2 is 1.95 bits per heavy atom. The van der Waals surface area contributed by atoms with Crippen LogP contribution < -0.4 is 5.73 Å². The topological polar surface area (TPSA) is 49.6 Å². The third-order valence-electron chi connectivity index (χ3n) is 3.62. The minimum Gasteiger partial charge on any atom is -0.339 e. The number of carbonyl (C=O) groups excluding carboxylic acids is 1. The second kappa shape index (κ2) is 6.30. The molecule has 1 aromatic carbocycles. The number of hydrogen-bond donors (Lipinski definition) is 1. The van der Waals surface area contributed by atoms with Gasteiger partial charge in [0.15, 0.2) is 0 Å². The minimum absolute atomic E-state index is 0.0260. The molecule has 6 heteroatoms. The first kappa shape index (κ1) is 16.2. The lowest BCUT2D eigenvalue weighted by molar-refractivity contribution is -0.137. The van der Waals surface area contributed by atoms with E-state index in [1.807, 2.05) is 0 Å². The zero-order chi connectivity index (χ0) is 15.6. The highest BCUT2D eigenvalue weighted by Crippen LogP contribution is 2.20.